The molecule has 0 atom stereocenters. The molecule has 1 fully saturated rings. The van der Waals surface area contributed by atoms with Crippen molar-refractivity contribution in [3.63, 3.8) is 0 Å². The number of hydrogen-bond acceptors (Lipinski definition) is 5. The zero-order chi connectivity index (χ0) is 15.5. The molecule has 6 heteroatoms. The Kier molecular flexibility index (Phi) is 5.00. The molecule has 2 rings (SSSR count). The van der Waals surface area contributed by atoms with Crippen LogP contribution in [0.2, 0.25) is 0 Å². The Morgan fingerprint density at radius 1 is 1.14 bits per heavy atom. The Bertz CT molecular complexity index is 477. The predicted octanol–water partition coefficient (Wildman–Crippen LogP) is 2.83. The highest BCUT2D eigenvalue weighted by molar-refractivity contribution is 7.97. The molecule has 1 aliphatic rings. The second-order valence-electron chi connectivity index (χ2n) is 6.06. The van der Waals surface area contributed by atoms with Gasteiger partial charge in [-0.25, -0.2) is 9.10 Å². The van der Waals surface area contributed by atoms with E-state index in [9.17, 15) is 4.79 Å². The number of nitrogens with two attached hydrogens (primary N) is 1. The molecule has 1 amide bonds. The Hall–Kier alpha value is -1.40. The van der Waals surface area contributed by atoms with E-state index in [4.69, 9.17) is 10.5 Å². The SMILES string of the molecule is CC(C)(C)OC(=O)N1CCN(Sc2ccc(N)cc2)CC1. The molecule has 1 saturated heterocycles. The van der Waals surface area contributed by atoms with Crippen molar-refractivity contribution in [1.29, 1.82) is 0 Å². The van der Waals surface area contributed by atoms with Gasteiger partial charge in [-0.3, -0.25) is 0 Å². The number of nitrogens with zero attached hydrogens (tertiary/aromatic N) is 2. The van der Waals surface area contributed by atoms with Gasteiger partial charge < -0.3 is 15.4 Å². The van der Waals surface area contributed by atoms with Gasteiger partial charge in [0.25, 0.3) is 0 Å². The Morgan fingerprint density at radius 3 is 2.24 bits per heavy atom. The van der Waals surface area contributed by atoms with Crippen molar-refractivity contribution in [2.75, 3.05) is 31.9 Å². The number of benzene rings is 1. The third-order valence-corrected chi connectivity index (χ3v) is 4.11. The first kappa shape index (κ1) is 16.0. The van der Waals surface area contributed by atoms with Gasteiger partial charge in [0.1, 0.15) is 5.60 Å². The maximum Gasteiger partial charge on any atom is 0.410 e. The summed E-state index contributed by atoms with van der Waals surface area (Å²) in [6.07, 6.45) is -0.223. The fourth-order valence-corrected chi connectivity index (χ4v) is 2.87. The van der Waals surface area contributed by atoms with Gasteiger partial charge in [-0.15, -0.1) is 0 Å². The van der Waals surface area contributed by atoms with Crippen LogP contribution in [0, 0.1) is 0 Å². The topological polar surface area (TPSA) is 58.8 Å². The third-order valence-electron chi connectivity index (χ3n) is 3.00. The summed E-state index contributed by atoms with van der Waals surface area (Å²) in [5.74, 6) is 0. The van der Waals surface area contributed by atoms with E-state index in [1.54, 1.807) is 16.8 Å². The molecule has 0 radical (unpaired) electrons. The van der Waals surface area contributed by atoms with Crippen LogP contribution in [0.5, 0.6) is 0 Å². The molecule has 0 saturated carbocycles. The fourth-order valence-electron chi connectivity index (χ4n) is 1.97. The predicted molar refractivity (Wildman–Crippen MR) is 86.1 cm³/mol. The minimum absolute atomic E-state index is 0.223. The molecule has 116 valence electrons. The Morgan fingerprint density at radius 2 is 1.71 bits per heavy atom. The Balaban J connectivity index is 1.80. The molecule has 5 nitrogen and oxygen atoms in total. The highest BCUT2D eigenvalue weighted by Crippen LogP contribution is 2.25. The number of piperazine rings is 1. The molecule has 1 aromatic rings. The van der Waals surface area contributed by atoms with Crippen LogP contribution in [0.15, 0.2) is 29.2 Å². The number of ether oxygens (including phenoxy) is 1. The van der Waals surface area contributed by atoms with Crippen LogP contribution in [-0.2, 0) is 4.74 Å². The van der Waals surface area contributed by atoms with Crippen molar-refractivity contribution in [3.05, 3.63) is 24.3 Å². The standard InChI is InChI=1S/C15H23N3O2S/c1-15(2,3)20-14(19)17-8-10-18(11-9-17)21-13-6-4-12(16)5-7-13/h4-7H,8-11,16H2,1-3H3. The summed E-state index contributed by atoms with van der Waals surface area (Å²) in [5, 5.41) is 0. The van der Waals surface area contributed by atoms with Crippen LogP contribution in [0.4, 0.5) is 10.5 Å². The largest absolute Gasteiger partial charge is 0.444 e. The number of carbonyl (C=O) groups excluding carboxylic acids is 1. The van der Waals surface area contributed by atoms with Crippen LogP contribution < -0.4 is 5.73 Å². The molecule has 0 aromatic heterocycles. The Labute approximate surface area is 130 Å². The second-order valence-corrected chi connectivity index (χ2v) is 7.23. The first-order chi connectivity index (χ1) is 9.83. The number of nitrogen functional groups attached to an aromatic ring is 1. The smallest absolute Gasteiger partial charge is 0.410 e. The van der Waals surface area contributed by atoms with Crippen molar-refractivity contribution in [1.82, 2.24) is 9.21 Å². The van der Waals surface area contributed by atoms with Gasteiger partial charge in [0.15, 0.2) is 0 Å². The zero-order valence-electron chi connectivity index (χ0n) is 12.8. The van der Waals surface area contributed by atoms with E-state index in [1.807, 2.05) is 45.0 Å². The quantitative estimate of drug-likeness (QED) is 0.672. The molecular weight excluding hydrogens is 286 g/mol. The van der Waals surface area contributed by atoms with Crippen LogP contribution in [0.25, 0.3) is 0 Å². The molecule has 1 heterocycles. The monoisotopic (exact) mass is 309 g/mol. The average molecular weight is 309 g/mol. The van der Waals surface area contributed by atoms with Crippen molar-refractivity contribution in [2.24, 2.45) is 0 Å². The van der Waals surface area contributed by atoms with Crippen molar-refractivity contribution in [2.45, 2.75) is 31.3 Å². The number of anilines is 1. The molecule has 21 heavy (non-hydrogen) atoms. The molecule has 1 aliphatic heterocycles. The normalized spacial score (nSPS) is 16.8. The van der Waals surface area contributed by atoms with E-state index in [2.05, 4.69) is 4.31 Å². The van der Waals surface area contributed by atoms with E-state index in [0.29, 0.717) is 13.1 Å². The maximum atomic E-state index is 12.0. The van der Waals surface area contributed by atoms with Gasteiger partial charge in [-0.05, 0) is 57.0 Å². The summed E-state index contributed by atoms with van der Waals surface area (Å²) in [4.78, 5) is 14.9. The first-order valence-electron chi connectivity index (χ1n) is 7.10. The number of rotatable bonds is 2. The summed E-state index contributed by atoms with van der Waals surface area (Å²) in [7, 11) is 0. The van der Waals surface area contributed by atoms with Gasteiger partial charge in [-0.2, -0.15) is 0 Å². The van der Waals surface area contributed by atoms with E-state index < -0.39 is 5.60 Å². The lowest BCUT2D eigenvalue weighted by Gasteiger charge is -2.34. The second kappa shape index (κ2) is 6.58. The number of carbonyl (C=O) groups is 1. The highest BCUT2D eigenvalue weighted by atomic mass is 32.2. The maximum absolute atomic E-state index is 12.0. The third kappa shape index (κ3) is 5.13. The molecule has 0 spiro atoms. The van der Waals surface area contributed by atoms with Crippen LogP contribution in [0.1, 0.15) is 20.8 Å². The van der Waals surface area contributed by atoms with Crippen molar-refractivity contribution >= 4 is 23.7 Å². The van der Waals surface area contributed by atoms with Crippen LogP contribution >= 0.6 is 11.9 Å². The molecule has 0 aliphatic carbocycles. The average Bonchev–Trinajstić information content (AvgIpc) is 2.40. The number of amides is 1. The molecular formula is C15H23N3O2S. The highest BCUT2D eigenvalue weighted by Gasteiger charge is 2.26. The van der Waals surface area contributed by atoms with Gasteiger partial charge >= 0.3 is 6.09 Å². The van der Waals surface area contributed by atoms with Crippen LogP contribution in [0.3, 0.4) is 0 Å². The van der Waals surface area contributed by atoms with Crippen molar-refractivity contribution < 1.29 is 9.53 Å². The fraction of sp³-hybridized carbons (Fsp3) is 0.533. The van der Waals surface area contributed by atoms with E-state index in [-0.39, 0.29) is 6.09 Å². The minimum Gasteiger partial charge on any atom is -0.444 e. The van der Waals surface area contributed by atoms with Gasteiger partial charge in [0, 0.05) is 36.8 Å². The molecule has 0 bridgehead atoms. The summed E-state index contributed by atoms with van der Waals surface area (Å²) < 4.78 is 7.65. The lowest BCUT2D eigenvalue weighted by molar-refractivity contribution is 0.0197. The van der Waals surface area contributed by atoms with Crippen LogP contribution in [-0.4, -0.2) is 47.1 Å². The molecule has 1 aromatic carbocycles. The van der Waals surface area contributed by atoms with Gasteiger partial charge in [-0.1, -0.05) is 0 Å². The van der Waals surface area contributed by atoms with E-state index >= 15 is 0 Å². The van der Waals surface area contributed by atoms with Crippen molar-refractivity contribution in [3.8, 4) is 0 Å². The molecule has 0 unspecified atom stereocenters. The lowest BCUT2D eigenvalue weighted by Crippen LogP contribution is -2.47. The lowest BCUT2D eigenvalue weighted by atomic mass is 10.2. The zero-order valence-corrected chi connectivity index (χ0v) is 13.7. The summed E-state index contributed by atoms with van der Waals surface area (Å²) in [6, 6.07) is 7.83. The summed E-state index contributed by atoms with van der Waals surface area (Å²) >= 11 is 1.70. The molecule has 2 N–H and O–H groups in total. The number of hydrogen-bond donors (Lipinski definition) is 1. The first-order valence-corrected chi connectivity index (χ1v) is 7.87. The van der Waals surface area contributed by atoms with E-state index in [0.717, 1.165) is 23.7 Å². The minimum atomic E-state index is -0.438. The van der Waals surface area contributed by atoms with E-state index in [1.165, 1.54) is 0 Å². The summed E-state index contributed by atoms with van der Waals surface area (Å²) in [6.45, 7) is 8.70. The van der Waals surface area contributed by atoms with Gasteiger partial charge in [0.2, 0.25) is 0 Å². The summed E-state index contributed by atoms with van der Waals surface area (Å²) in [5.41, 5.74) is 6.02. The van der Waals surface area contributed by atoms with Gasteiger partial charge in [0.05, 0.1) is 0 Å².